The molecule has 10 atom stereocenters. The molecular weight excluding hydrogens is 448 g/mol. The zero-order valence-corrected chi connectivity index (χ0v) is 18.6. The van der Waals surface area contributed by atoms with Crippen molar-refractivity contribution in [2.24, 2.45) is 0 Å². The van der Waals surface area contributed by atoms with Gasteiger partial charge >= 0.3 is 0 Å². The van der Waals surface area contributed by atoms with E-state index in [1.807, 2.05) is 36.4 Å². The largest absolute Gasteiger partial charge is 0.394 e. The van der Waals surface area contributed by atoms with Crippen LogP contribution in [-0.2, 0) is 9.47 Å². The first-order chi connectivity index (χ1) is 16.3. The van der Waals surface area contributed by atoms with Crippen molar-refractivity contribution in [3.63, 3.8) is 0 Å². The van der Waals surface area contributed by atoms with E-state index in [0.29, 0.717) is 0 Å². The van der Waals surface area contributed by atoms with E-state index in [1.54, 1.807) is 12.2 Å². The second-order valence-electron chi connectivity index (χ2n) is 8.68. The molecule has 3 rings (SSSR count). The lowest BCUT2D eigenvalue weighted by Crippen LogP contribution is -2.58. The molecule has 190 valence electrons. The van der Waals surface area contributed by atoms with Crippen LogP contribution in [0.5, 0.6) is 0 Å². The molecule has 1 aromatic rings. The summed E-state index contributed by atoms with van der Waals surface area (Å²) in [7, 11) is 0. The maximum atomic E-state index is 10.1. The monoisotopic (exact) mass is 482 g/mol. The summed E-state index contributed by atoms with van der Waals surface area (Å²) in [5.41, 5.74) is 1.72. The molecule has 10 nitrogen and oxygen atoms in total. The predicted octanol–water partition coefficient (Wildman–Crippen LogP) is -1.82. The number of aliphatic hydroxyl groups is 8. The molecule has 0 spiro atoms. The van der Waals surface area contributed by atoms with Crippen LogP contribution in [0.3, 0.4) is 0 Å². The van der Waals surface area contributed by atoms with E-state index >= 15 is 0 Å². The third-order valence-corrected chi connectivity index (χ3v) is 6.25. The van der Waals surface area contributed by atoms with Gasteiger partial charge in [0.15, 0.2) is 0 Å². The fourth-order valence-electron chi connectivity index (χ4n) is 4.19. The van der Waals surface area contributed by atoms with Crippen molar-refractivity contribution in [2.45, 2.75) is 73.9 Å². The molecule has 2 aliphatic rings. The zero-order valence-electron chi connectivity index (χ0n) is 18.6. The van der Waals surface area contributed by atoms with E-state index in [9.17, 15) is 40.9 Å². The van der Waals surface area contributed by atoms with Gasteiger partial charge in [0.2, 0.25) is 0 Å². The van der Waals surface area contributed by atoms with Crippen LogP contribution in [0.2, 0.25) is 0 Å². The van der Waals surface area contributed by atoms with Crippen LogP contribution in [0.15, 0.2) is 36.4 Å². The van der Waals surface area contributed by atoms with E-state index in [-0.39, 0.29) is 12.8 Å². The third kappa shape index (κ3) is 6.29. The number of benzene rings is 1. The summed E-state index contributed by atoms with van der Waals surface area (Å²) in [5.74, 6) is 0. The maximum absolute atomic E-state index is 10.1. The quantitative estimate of drug-likeness (QED) is 0.210. The lowest BCUT2D eigenvalue weighted by Gasteiger charge is -2.39. The van der Waals surface area contributed by atoms with Gasteiger partial charge in [0.05, 0.1) is 25.4 Å². The Labute approximate surface area is 197 Å². The van der Waals surface area contributed by atoms with Gasteiger partial charge in [0, 0.05) is 0 Å². The van der Waals surface area contributed by atoms with Gasteiger partial charge in [0.25, 0.3) is 0 Å². The molecule has 0 bridgehead atoms. The maximum Gasteiger partial charge on any atom is 0.111 e. The first-order valence-electron chi connectivity index (χ1n) is 11.3. The highest BCUT2D eigenvalue weighted by Crippen LogP contribution is 2.25. The predicted molar refractivity (Wildman–Crippen MR) is 121 cm³/mol. The number of aliphatic hydroxyl groups excluding tert-OH is 8. The van der Waals surface area contributed by atoms with Gasteiger partial charge in [-0.1, -0.05) is 42.5 Å². The van der Waals surface area contributed by atoms with Gasteiger partial charge in [0.1, 0.15) is 48.8 Å². The minimum Gasteiger partial charge on any atom is -0.394 e. The Morgan fingerprint density at radius 1 is 0.588 bits per heavy atom. The molecule has 2 saturated heterocycles. The second kappa shape index (κ2) is 12.3. The number of ether oxygens (including phenoxy) is 2. The van der Waals surface area contributed by atoms with Crippen molar-refractivity contribution in [1.29, 1.82) is 0 Å². The third-order valence-electron chi connectivity index (χ3n) is 6.25. The molecule has 0 aromatic heterocycles. The summed E-state index contributed by atoms with van der Waals surface area (Å²) in [5, 5.41) is 78.3. The van der Waals surface area contributed by atoms with Crippen LogP contribution in [0, 0.1) is 0 Å². The molecule has 0 saturated carbocycles. The van der Waals surface area contributed by atoms with Gasteiger partial charge < -0.3 is 50.3 Å². The summed E-state index contributed by atoms with van der Waals surface area (Å²) < 4.78 is 11.0. The number of rotatable bonds is 8. The highest BCUT2D eigenvalue weighted by molar-refractivity contribution is 5.57. The van der Waals surface area contributed by atoms with Crippen LogP contribution in [0.4, 0.5) is 0 Å². The molecule has 2 aliphatic heterocycles. The Balaban J connectivity index is 1.56. The van der Waals surface area contributed by atoms with Gasteiger partial charge in [-0.2, -0.15) is 0 Å². The topological polar surface area (TPSA) is 180 Å². The van der Waals surface area contributed by atoms with Crippen molar-refractivity contribution in [3.05, 3.63) is 47.5 Å². The SMILES string of the molecule is OC[C@H]1O[C@H](C/C=C/c2cccc(/C=C/CC3O[C@H](CO)[C@@H](O)[C@@H](O)[C@@H]3O)c2)[C@@H](O)[C@@H](O)[C@@H]1O. The molecule has 1 aromatic carbocycles. The smallest absolute Gasteiger partial charge is 0.111 e. The molecular formula is C24H34O10. The van der Waals surface area contributed by atoms with Crippen LogP contribution in [-0.4, -0.2) is 115 Å². The Hall–Kier alpha value is -1.70. The van der Waals surface area contributed by atoms with Crippen molar-refractivity contribution < 1.29 is 50.3 Å². The average molecular weight is 483 g/mol. The molecule has 8 N–H and O–H groups in total. The second-order valence-corrected chi connectivity index (χ2v) is 8.68. The Kier molecular flexibility index (Phi) is 9.74. The fourth-order valence-corrected chi connectivity index (χ4v) is 4.19. The normalized spacial score (nSPS) is 39.2. The van der Waals surface area contributed by atoms with Gasteiger partial charge in [-0.05, 0) is 30.0 Å². The molecule has 0 aliphatic carbocycles. The van der Waals surface area contributed by atoms with Crippen molar-refractivity contribution in [2.75, 3.05) is 13.2 Å². The van der Waals surface area contributed by atoms with Crippen LogP contribution < -0.4 is 0 Å². The molecule has 34 heavy (non-hydrogen) atoms. The molecule has 10 heteroatoms. The van der Waals surface area contributed by atoms with E-state index < -0.39 is 74.3 Å². The van der Waals surface area contributed by atoms with Crippen molar-refractivity contribution >= 4 is 12.2 Å². The van der Waals surface area contributed by atoms with E-state index in [2.05, 4.69) is 0 Å². The lowest BCUT2D eigenvalue weighted by molar-refractivity contribution is -0.227. The highest BCUT2D eigenvalue weighted by atomic mass is 16.5. The highest BCUT2D eigenvalue weighted by Gasteiger charge is 2.43. The van der Waals surface area contributed by atoms with Gasteiger partial charge in [-0.3, -0.25) is 0 Å². The number of hydrogen-bond donors (Lipinski definition) is 8. The first-order valence-corrected chi connectivity index (χ1v) is 11.3. The number of hydrogen-bond acceptors (Lipinski definition) is 10. The van der Waals surface area contributed by atoms with Crippen LogP contribution >= 0.6 is 0 Å². The average Bonchev–Trinajstić information content (AvgIpc) is 2.84. The van der Waals surface area contributed by atoms with Crippen LogP contribution in [0.1, 0.15) is 24.0 Å². The summed E-state index contributed by atoms with van der Waals surface area (Å²) >= 11 is 0. The molecule has 0 radical (unpaired) electrons. The van der Waals surface area contributed by atoms with E-state index in [1.165, 1.54) is 0 Å². The standard InChI is InChI=1S/C24H34O10/c25-11-17-21(29)23(31)19(27)15(33-17)8-2-6-13-4-1-5-14(10-13)7-3-9-16-20(28)24(32)22(30)18(12-26)34-16/h1-7,10,15-32H,8-9,11-12H2/b6-2+,7-3+/t15-,16?,17-,18-,19-,20-,21-,22-,23-,24+/m1/s1. The zero-order chi connectivity index (χ0) is 24.8. The lowest BCUT2D eigenvalue weighted by atomic mass is 9.93. The van der Waals surface area contributed by atoms with E-state index in [4.69, 9.17) is 9.47 Å². The van der Waals surface area contributed by atoms with E-state index in [0.717, 1.165) is 11.1 Å². The molecule has 2 heterocycles. The minimum absolute atomic E-state index is 0.263. The van der Waals surface area contributed by atoms with Gasteiger partial charge in [-0.15, -0.1) is 0 Å². The summed E-state index contributed by atoms with van der Waals surface area (Å²) in [6.07, 6.45) is -3.85. The minimum atomic E-state index is -1.40. The van der Waals surface area contributed by atoms with Crippen molar-refractivity contribution in [3.8, 4) is 0 Å². The van der Waals surface area contributed by atoms with Crippen LogP contribution in [0.25, 0.3) is 12.2 Å². The Morgan fingerprint density at radius 2 is 0.971 bits per heavy atom. The summed E-state index contributed by atoms with van der Waals surface area (Å²) in [4.78, 5) is 0. The van der Waals surface area contributed by atoms with Crippen molar-refractivity contribution in [1.82, 2.24) is 0 Å². The Morgan fingerprint density at radius 3 is 1.35 bits per heavy atom. The molecule has 1 unspecified atom stereocenters. The first kappa shape index (κ1) is 26.9. The molecule has 0 amide bonds. The molecule has 2 fully saturated rings. The summed E-state index contributed by atoms with van der Waals surface area (Å²) in [6, 6.07) is 7.49. The van der Waals surface area contributed by atoms with Gasteiger partial charge in [-0.25, -0.2) is 0 Å². The fraction of sp³-hybridized carbons (Fsp3) is 0.583. The Bertz CT molecular complexity index is 762. The summed E-state index contributed by atoms with van der Waals surface area (Å²) in [6.45, 7) is -0.939.